The summed E-state index contributed by atoms with van der Waals surface area (Å²) in [7, 11) is 0. The van der Waals surface area contributed by atoms with Crippen molar-refractivity contribution < 1.29 is 9.84 Å². The van der Waals surface area contributed by atoms with Gasteiger partial charge in [0.25, 0.3) is 0 Å². The van der Waals surface area contributed by atoms with Gasteiger partial charge in [-0.05, 0) is 24.8 Å². The predicted molar refractivity (Wildman–Crippen MR) is 61.9 cm³/mol. The van der Waals surface area contributed by atoms with Crippen LogP contribution in [0, 0.1) is 0 Å². The normalized spacial score (nSPS) is 12.7. The van der Waals surface area contributed by atoms with Gasteiger partial charge in [-0.1, -0.05) is 37.3 Å². The summed E-state index contributed by atoms with van der Waals surface area (Å²) in [5, 5.41) is 9.25. The van der Waals surface area contributed by atoms with Gasteiger partial charge >= 0.3 is 0 Å². The van der Waals surface area contributed by atoms with Crippen LogP contribution < -0.4 is 0 Å². The molecule has 1 atom stereocenters. The molecule has 84 valence electrons. The second kappa shape index (κ2) is 7.43. The highest BCUT2D eigenvalue weighted by Gasteiger charge is 1.99. The smallest absolute Gasteiger partial charge is 0.0771 e. The Morgan fingerprint density at radius 1 is 1.27 bits per heavy atom. The first kappa shape index (κ1) is 12.2. The number of hydrogen-bond donors (Lipinski definition) is 1. The largest absolute Gasteiger partial charge is 0.391 e. The van der Waals surface area contributed by atoms with Crippen molar-refractivity contribution in [1.82, 2.24) is 0 Å². The highest BCUT2D eigenvalue weighted by atomic mass is 16.5. The number of aryl methyl sites for hydroxylation is 1. The van der Waals surface area contributed by atoms with E-state index < -0.39 is 0 Å². The molecule has 0 aliphatic heterocycles. The van der Waals surface area contributed by atoms with Crippen molar-refractivity contribution in [2.75, 3.05) is 13.2 Å². The lowest BCUT2D eigenvalue weighted by Gasteiger charge is -2.08. The Morgan fingerprint density at radius 3 is 2.67 bits per heavy atom. The van der Waals surface area contributed by atoms with Gasteiger partial charge in [-0.15, -0.1) is 0 Å². The van der Waals surface area contributed by atoms with Crippen molar-refractivity contribution in [2.24, 2.45) is 0 Å². The van der Waals surface area contributed by atoms with E-state index in [1.807, 2.05) is 13.0 Å². The standard InChI is InChI=1S/C13H20O2/c1-2-13(14)11-15-10-6-9-12-7-4-3-5-8-12/h3-5,7-8,13-14H,2,6,9-11H2,1H3. The van der Waals surface area contributed by atoms with Crippen molar-refractivity contribution in [3.63, 3.8) is 0 Å². The third kappa shape index (κ3) is 5.55. The minimum atomic E-state index is -0.304. The van der Waals surface area contributed by atoms with Gasteiger partial charge in [0.2, 0.25) is 0 Å². The van der Waals surface area contributed by atoms with E-state index in [9.17, 15) is 5.11 Å². The quantitative estimate of drug-likeness (QED) is 0.697. The summed E-state index contributed by atoms with van der Waals surface area (Å²) < 4.78 is 5.36. The van der Waals surface area contributed by atoms with E-state index in [1.165, 1.54) is 5.56 Å². The van der Waals surface area contributed by atoms with Gasteiger partial charge < -0.3 is 9.84 Å². The minimum absolute atomic E-state index is 0.304. The lowest BCUT2D eigenvalue weighted by atomic mass is 10.1. The van der Waals surface area contributed by atoms with E-state index in [2.05, 4.69) is 24.3 Å². The van der Waals surface area contributed by atoms with Crippen LogP contribution in [-0.2, 0) is 11.2 Å². The average Bonchev–Trinajstić information content (AvgIpc) is 2.29. The fourth-order valence-corrected chi connectivity index (χ4v) is 1.36. The summed E-state index contributed by atoms with van der Waals surface area (Å²) in [5.41, 5.74) is 1.34. The number of aliphatic hydroxyl groups is 1. The van der Waals surface area contributed by atoms with Crippen LogP contribution in [0.25, 0.3) is 0 Å². The topological polar surface area (TPSA) is 29.5 Å². The maximum atomic E-state index is 9.25. The molecule has 1 unspecified atom stereocenters. The van der Waals surface area contributed by atoms with E-state index in [4.69, 9.17) is 4.74 Å². The Hall–Kier alpha value is -0.860. The molecule has 1 aromatic carbocycles. The van der Waals surface area contributed by atoms with Crippen LogP contribution in [0.2, 0.25) is 0 Å². The number of benzene rings is 1. The van der Waals surface area contributed by atoms with Gasteiger partial charge in [-0.2, -0.15) is 0 Å². The van der Waals surface area contributed by atoms with Crippen molar-refractivity contribution in [1.29, 1.82) is 0 Å². The van der Waals surface area contributed by atoms with E-state index >= 15 is 0 Å². The predicted octanol–water partition coefficient (Wildman–Crippen LogP) is 2.41. The molecule has 2 heteroatoms. The summed E-state index contributed by atoms with van der Waals surface area (Å²) >= 11 is 0. The Bertz CT molecular complexity index is 246. The molecule has 1 rings (SSSR count). The maximum Gasteiger partial charge on any atom is 0.0771 e. The Morgan fingerprint density at radius 2 is 2.00 bits per heavy atom. The van der Waals surface area contributed by atoms with E-state index in [1.54, 1.807) is 0 Å². The Kier molecular flexibility index (Phi) is 6.05. The number of hydrogen-bond acceptors (Lipinski definition) is 2. The van der Waals surface area contributed by atoms with Crippen LogP contribution in [0.4, 0.5) is 0 Å². The molecule has 0 amide bonds. The van der Waals surface area contributed by atoms with Crippen molar-refractivity contribution in [3.05, 3.63) is 35.9 Å². The number of rotatable bonds is 7. The summed E-state index contributed by atoms with van der Waals surface area (Å²) in [6, 6.07) is 10.4. The molecule has 0 saturated carbocycles. The van der Waals surface area contributed by atoms with Crippen molar-refractivity contribution in [3.8, 4) is 0 Å². The SMILES string of the molecule is CCC(O)COCCCc1ccccc1. The van der Waals surface area contributed by atoms with Gasteiger partial charge in [0.1, 0.15) is 0 Å². The average molecular weight is 208 g/mol. The number of aliphatic hydroxyl groups excluding tert-OH is 1. The zero-order valence-corrected chi connectivity index (χ0v) is 9.36. The maximum absolute atomic E-state index is 9.25. The lowest BCUT2D eigenvalue weighted by Crippen LogP contribution is -2.14. The van der Waals surface area contributed by atoms with Crippen molar-refractivity contribution >= 4 is 0 Å². The molecule has 0 radical (unpaired) electrons. The second-order valence-electron chi connectivity index (χ2n) is 3.73. The Balaban J connectivity index is 2.03. The van der Waals surface area contributed by atoms with Gasteiger partial charge in [0.05, 0.1) is 12.7 Å². The second-order valence-corrected chi connectivity index (χ2v) is 3.73. The molecule has 15 heavy (non-hydrogen) atoms. The molecule has 0 aliphatic rings. The van der Waals surface area contributed by atoms with Gasteiger partial charge in [0.15, 0.2) is 0 Å². The summed E-state index contributed by atoms with van der Waals surface area (Å²) in [5.74, 6) is 0. The molecular weight excluding hydrogens is 188 g/mol. The lowest BCUT2D eigenvalue weighted by molar-refractivity contribution is 0.0342. The van der Waals surface area contributed by atoms with Crippen LogP contribution >= 0.6 is 0 Å². The van der Waals surface area contributed by atoms with E-state index in [-0.39, 0.29) is 6.10 Å². The molecular formula is C13H20O2. The fraction of sp³-hybridized carbons (Fsp3) is 0.538. The zero-order valence-electron chi connectivity index (χ0n) is 9.36. The number of ether oxygens (including phenoxy) is 1. The first-order chi connectivity index (χ1) is 7.33. The summed E-state index contributed by atoms with van der Waals surface area (Å²) in [6.07, 6.45) is 2.52. The molecule has 2 nitrogen and oxygen atoms in total. The molecule has 0 spiro atoms. The highest BCUT2D eigenvalue weighted by Crippen LogP contribution is 2.02. The monoisotopic (exact) mass is 208 g/mol. The third-order valence-corrected chi connectivity index (χ3v) is 2.38. The summed E-state index contributed by atoms with van der Waals surface area (Å²) in [6.45, 7) is 3.15. The van der Waals surface area contributed by atoms with Gasteiger partial charge in [0, 0.05) is 6.61 Å². The van der Waals surface area contributed by atoms with Crippen LogP contribution in [-0.4, -0.2) is 24.4 Å². The van der Waals surface area contributed by atoms with Crippen LogP contribution in [0.1, 0.15) is 25.3 Å². The van der Waals surface area contributed by atoms with E-state index in [0.29, 0.717) is 6.61 Å². The first-order valence-corrected chi connectivity index (χ1v) is 5.62. The molecule has 0 aromatic heterocycles. The third-order valence-electron chi connectivity index (χ3n) is 2.38. The molecule has 0 bridgehead atoms. The van der Waals surface area contributed by atoms with Crippen molar-refractivity contribution in [2.45, 2.75) is 32.3 Å². The van der Waals surface area contributed by atoms with Crippen LogP contribution in [0.3, 0.4) is 0 Å². The van der Waals surface area contributed by atoms with Crippen LogP contribution in [0.5, 0.6) is 0 Å². The molecule has 0 heterocycles. The molecule has 0 aliphatic carbocycles. The first-order valence-electron chi connectivity index (χ1n) is 5.62. The minimum Gasteiger partial charge on any atom is -0.391 e. The molecule has 1 aromatic rings. The van der Waals surface area contributed by atoms with Gasteiger partial charge in [-0.25, -0.2) is 0 Å². The molecule has 0 saturated heterocycles. The van der Waals surface area contributed by atoms with Crippen LogP contribution in [0.15, 0.2) is 30.3 Å². The Labute approximate surface area is 91.9 Å². The molecule has 1 N–H and O–H groups in total. The van der Waals surface area contributed by atoms with E-state index in [0.717, 1.165) is 25.9 Å². The highest BCUT2D eigenvalue weighted by molar-refractivity contribution is 5.14. The molecule has 0 fully saturated rings. The van der Waals surface area contributed by atoms with Gasteiger partial charge in [-0.3, -0.25) is 0 Å². The zero-order chi connectivity index (χ0) is 10.9. The fourth-order valence-electron chi connectivity index (χ4n) is 1.36. The summed E-state index contributed by atoms with van der Waals surface area (Å²) in [4.78, 5) is 0.